The van der Waals surface area contributed by atoms with Gasteiger partial charge in [0.1, 0.15) is 5.15 Å². The van der Waals surface area contributed by atoms with Crippen LogP contribution in [0.3, 0.4) is 0 Å². The fraction of sp³-hybridized carbons (Fsp3) is 0.286. The summed E-state index contributed by atoms with van der Waals surface area (Å²) in [6.45, 7) is -0.548. The summed E-state index contributed by atoms with van der Waals surface area (Å²) >= 11 is 5.43. The summed E-state index contributed by atoms with van der Waals surface area (Å²) in [4.78, 5) is 3.60. The molecule has 0 aliphatic heterocycles. The molecule has 0 atom stereocenters. The zero-order chi connectivity index (χ0) is 9.90. The first kappa shape index (κ1) is 10.3. The zero-order valence-electron chi connectivity index (χ0n) is 6.31. The lowest BCUT2D eigenvalue weighted by Gasteiger charge is -2.06. The maximum atomic E-state index is 11.6. The summed E-state index contributed by atoms with van der Waals surface area (Å²) in [6, 6.07) is 2.82. The fourth-order valence-electron chi connectivity index (χ4n) is 0.657. The SMILES string of the molecule is FC(F)(F)OCc1ccc(Cl)nc1. The molecule has 0 unspecified atom stereocenters. The molecule has 1 rings (SSSR count). The van der Waals surface area contributed by atoms with Crippen molar-refractivity contribution in [2.24, 2.45) is 0 Å². The van der Waals surface area contributed by atoms with E-state index in [2.05, 4.69) is 9.72 Å². The Kier molecular flexibility index (Phi) is 3.11. The molecule has 0 aliphatic carbocycles. The molecule has 0 saturated carbocycles. The van der Waals surface area contributed by atoms with Crippen molar-refractivity contribution in [1.29, 1.82) is 0 Å². The van der Waals surface area contributed by atoms with E-state index in [0.29, 0.717) is 5.56 Å². The van der Waals surface area contributed by atoms with Crippen molar-refractivity contribution < 1.29 is 17.9 Å². The van der Waals surface area contributed by atoms with Gasteiger partial charge in [0.25, 0.3) is 0 Å². The third-order valence-corrected chi connectivity index (χ3v) is 1.41. The second-order valence-electron chi connectivity index (χ2n) is 2.22. The number of halogens is 4. The van der Waals surface area contributed by atoms with E-state index < -0.39 is 13.0 Å². The third-order valence-electron chi connectivity index (χ3n) is 1.19. The third kappa shape index (κ3) is 4.10. The highest BCUT2D eigenvalue weighted by Gasteiger charge is 2.28. The molecule has 0 aromatic carbocycles. The predicted octanol–water partition coefficient (Wildman–Crippen LogP) is 2.77. The first-order chi connectivity index (χ1) is 5.97. The van der Waals surface area contributed by atoms with E-state index in [0.717, 1.165) is 0 Å². The van der Waals surface area contributed by atoms with Gasteiger partial charge >= 0.3 is 6.36 Å². The predicted molar refractivity (Wildman–Crippen MR) is 40.1 cm³/mol. The minimum absolute atomic E-state index is 0.232. The number of aromatic nitrogens is 1. The maximum Gasteiger partial charge on any atom is 0.522 e. The van der Waals surface area contributed by atoms with Crippen LogP contribution in [0.5, 0.6) is 0 Å². The van der Waals surface area contributed by atoms with Crippen molar-refractivity contribution in [3.8, 4) is 0 Å². The van der Waals surface area contributed by atoms with Crippen LogP contribution in [0.4, 0.5) is 13.2 Å². The van der Waals surface area contributed by atoms with Crippen LogP contribution in [0, 0.1) is 0 Å². The highest BCUT2D eigenvalue weighted by Crippen LogP contribution is 2.18. The molecule has 0 radical (unpaired) electrons. The number of hydrogen-bond donors (Lipinski definition) is 0. The van der Waals surface area contributed by atoms with Crippen LogP contribution >= 0.6 is 11.6 Å². The van der Waals surface area contributed by atoms with Crippen molar-refractivity contribution in [3.63, 3.8) is 0 Å². The molecule has 0 fully saturated rings. The van der Waals surface area contributed by atoms with Crippen LogP contribution in [0.2, 0.25) is 5.15 Å². The van der Waals surface area contributed by atoms with E-state index in [1.165, 1.54) is 18.3 Å². The number of rotatable bonds is 2. The van der Waals surface area contributed by atoms with Gasteiger partial charge in [0, 0.05) is 6.20 Å². The van der Waals surface area contributed by atoms with Crippen LogP contribution in [-0.4, -0.2) is 11.3 Å². The van der Waals surface area contributed by atoms with Gasteiger partial charge in [-0.25, -0.2) is 4.98 Å². The Morgan fingerprint density at radius 3 is 2.54 bits per heavy atom. The van der Waals surface area contributed by atoms with Crippen LogP contribution in [0.25, 0.3) is 0 Å². The lowest BCUT2D eigenvalue weighted by atomic mass is 10.3. The molecule has 2 nitrogen and oxygen atoms in total. The lowest BCUT2D eigenvalue weighted by molar-refractivity contribution is -0.330. The Morgan fingerprint density at radius 1 is 1.38 bits per heavy atom. The fourth-order valence-corrected chi connectivity index (χ4v) is 0.769. The van der Waals surface area contributed by atoms with Crippen LogP contribution < -0.4 is 0 Å². The first-order valence-corrected chi connectivity index (χ1v) is 3.66. The van der Waals surface area contributed by atoms with E-state index in [-0.39, 0.29) is 5.15 Å². The minimum Gasteiger partial charge on any atom is -0.287 e. The monoisotopic (exact) mass is 211 g/mol. The Hall–Kier alpha value is -0.810. The van der Waals surface area contributed by atoms with Crippen molar-refractivity contribution in [2.75, 3.05) is 0 Å². The van der Waals surface area contributed by atoms with Crippen molar-refractivity contribution in [3.05, 3.63) is 29.0 Å². The molecule has 0 saturated heterocycles. The summed E-state index contributed by atoms with van der Waals surface area (Å²) in [7, 11) is 0. The molecule has 0 aliphatic rings. The largest absolute Gasteiger partial charge is 0.522 e. The summed E-state index contributed by atoms with van der Waals surface area (Å²) in [6.07, 6.45) is -3.38. The highest BCUT2D eigenvalue weighted by atomic mass is 35.5. The van der Waals surface area contributed by atoms with Gasteiger partial charge in [-0.3, -0.25) is 4.74 Å². The second kappa shape index (κ2) is 3.93. The molecule has 13 heavy (non-hydrogen) atoms. The van der Waals surface area contributed by atoms with E-state index in [1.807, 2.05) is 0 Å². The topological polar surface area (TPSA) is 22.1 Å². The summed E-state index contributed by atoms with van der Waals surface area (Å²) < 4.78 is 38.2. The van der Waals surface area contributed by atoms with Gasteiger partial charge in [-0.05, 0) is 11.6 Å². The number of alkyl halides is 3. The minimum atomic E-state index is -4.61. The van der Waals surface area contributed by atoms with E-state index in [4.69, 9.17) is 11.6 Å². The smallest absolute Gasteiger partial charge is 0.287 e. The molecule has 0 N–H and O–H groups in total. The number of ether oxygens (including phenoxy) is 1. The van der Waals surface area contributed by atoms with Crippen LogP contribution in [-0.2, 0) is 11.3 Å². The van der Waals surface area contributed by atoms with Gasteiger partial charge in [0.15, 0.2) is 0 Å². The quantitative estimate of drug-likeness (QED) is 0.702. The van der Waals surface area contributed by atoms with E-state index in [1.54, 1.807) is 0 Å². The van der Waals surface area contributed by atoms with Crippen molar-refractivity contribution >= 4 is 11.6 Å². The van der Waals surface area contributed by atoms with Gasteiger partial charge in [-0.15, -0.1) is 13.2 Å². The first-order valence-electron chi connectivity index (χ1n) is 3.28. The lowest BCUT2D eigenvalue weighted by Crippen LogP contribution is -2.12. The van der Waals surface area contributed by atoms with Gasteiger partial charge in [-0.1, -0.05) is 17.7 Å². The van der Waals surface area contributed by atoms with E-state index >= 15 is 0 Å². The number of hydrogen-bond acceptors (Lipinski definition) is 2. The van der Waals surface area contributed by atoms with E-state index in [9.17, 15) is 13.2 Å². The molecule has 1 aromatic heterocycles. The average molecular weight is 212 g/mol. The summed E-state index contributed by atoms with van der Waals surface area (Å²) in [5, 5.41) is 0.232. The Bertz CT molecular complexity index is 272. The molecule has 0 bridgehead atoms. The van der Waals surface area contributed by atoms with Gasteiger partial charge in [-0.2, -0.15) is 0 Å². The van der Waals surface area contributed by atoms with Crippen molar-refractivity contribution in [2.45, 2.75) is 13.0 Å². The van der Waals surface area contributed by atoms with Gasteiger partial charge in [0.2, 0.25) is 0 Å². The van der Waals surface area contributed by atoms with Gasteiger partial charge < -0.3 is 0 Å². The molecule has 0 spiro atoms. The molecule has 0 amide bonds. The average Bonchev–Trinajstić information content (AvgIpc) is 2.02. The van der Waals surface area contributed by atoms with Gasteiger partial charge in [0.05, 0.1) is 6.61 Å². The van der Waals surface area contributed by atoms with Crippen LogP contribution in [0.1, 0.15) is 5.56 Å². The number of pyridine rings is 1. The molecular weight excluding hydrogens is 207 g/mol. The molecule has 72 valence electrons. The normalized spacial score (nSPS) is 11.7. The second-order valence-corrected chi connectivity index (χ2v) is 2.61. The standard InChI is InChI=1S/C7H5ClF3NO/c8-6-2-1-5(3-12-6)4-13-7(9,10)11/h1-3H,4H2. The molecule has 6 heteroatoms. The molecular formula is C7H5ClF3NO. The van der Waals surface area contributed by atoms with Crippen LogP contribution in [0.15, 0.2) is 18.3 Å². The summed E-state index contributed by atoms with van der Waals surface area (Å²) in [5.41, 5.74) is 0.321. The number of nitrogens with zero attached hydrogens (tertiary/aromatic N) is 1. The zero-order valence-corrected chi connectivity index (χ0v) is 7.06. The molecule has 1 aromatic rings. The Morgan fingerprint density at radius 2 is 2.08 bits per heavy atom. The highest BCUT2D eigenvalue weighted by molar-refractivity contribution is 6.29. The Labute approximate surface area is 77.3 Å². The molecule has 1 heterocycles. The summed E-state index contributed by atoms with van der Waals surface area (Å²) in [5.74, 6) is 0. The maximum absolute atomic E-state index is 11.6. The van der Waals surface area contributed by atoms with Crippen molar-refractivity contribution in [1.82, 2.24) is 4.98 Å². The Balaban J connectivity index is 2.51.